The molecule has 3 aromatic rings. The third-order valence-electron chi connectivity index (χ3n) is 4.35. The molecule has 0 fully saturated rings. The number of amides is 2. The van der Waals surface area contributed by atoms with Crippen LogP contribution in [0.4, 0.5) is 26.5 Å². The molecule has 2 aromatic carbocycles. The average Bonchev–Trinajstić information content (AvgIpc) is 2.71. The van der Waals surface area contributed by atoms with Gasteiger partial charge >= 0.3 is 6.03 Å². The van der Waals surface area contributed by atoms with Crippen LogP contribution in [0, 0.1) is 5.82 Å². The van der Waals surface area contributed by atoms with E-state index in [1.807, 2.05) is 13.1 Å². The van der Waals surface area contributed by atoms with Crippen LogP contribution >= 0.6 is 11.6 Å². The molecule has 0 atom stereocenters. The van der Waals surface area contributed by atoms with Gasteiger partial charge in [0.2, 0.25) is 0 Å². The van der Waals surface area contributed by atoms with Crippen LogP contribution in [0.1, 0.15) is 11.1 Å². The number of hydrogen-bond donors (Lipinski definition) is 3. The molecule has 3 rings (SSSR count). The molecule has 0 aliphatic rings. The first-order valence-corrected chi connectivity index (χ1v) is 9.64. The quantitative estimate of drug-likeness (QED) is 0.524. The van der Waals surface area contributed by atoms with Crippen molar-refractivity contribution in [2.75, 3.05) is 30.0 Å². The Bertz CT molecular complexity index is 997. The lowest BCUT2D eigenvalue weighted by Crippen LogP contribution is -2.21. The Morgan fingerprint density at radius 3 is 2.57 bits per heavy atom. The summed E-state index contributed by atoms with van der Waals surface area (Å²) in [6.45, 7) is 1.49. The number of aromatic nitrogens is 2. The molecule has 30 heavy (non-hydrogen) atoms. The molecule has 0 saturated heterocycles. The topological polar surface area (TPSA) is 96.2 Å². The minimum Gasteiger partial charge on any atom is -0.382 e. The number of halogens is 2. The van der Waals surface area contributed by atoms with Crippen molar-refractivity contribution < 1.29 is 9.18 Å². The molecule has 2 amide bonds. The summed E-state index contributed by atoms with van der Waals surface area (Å²) in [5.74, 6) is 0.317. The summed E-state index contributed by atoms with van der Waals surface area (Å²) in [7, 11) is 2.00. The Labute approximate surface area is 179 Å². The smallest absolute Gasteiger partial charge is 0.324 e. The Morgan fingerprint density at radius 2 is 1.90 bits per heavy atom. The molecule has 4 N–H and O–H groups in total. The predicted octanol–water partition coefficient (Wildman–Crippen LogP) is 4.17. The number of hydrogen-bond acceptors (Lipinski definition) is 5. The van der Waals surface area contributed by atoms with Gasteiger partial charge in [0.1, 0.15) is 11.6 Å². The van der Waals surface area contributed by atoms with E-state index in [2.05, 4.69) is 25.5 Å². The molecule has 156 valence electrons. The first-order valence-electron chi connectivity index (χ1n) is 9.26. The third-order valence-corrected chi connectivity index (χ3v) is 4.70. The predicted molar refractivity (Wildman–Crippen MR) is 117 cm³/mol. The molecule has 9 heteroatoms. The van der Waals surface area contributed by atoms with Crippen molar-refractivity contribution in [3.8, 4) is 0 Å². The van der Waals surface area contributed by atoms with E-state index in [-0.39, 0.29) is 17.5 Å². The van der Waals surface area contributed by atoms with Crippen LogP contribution in [0.25, 0.3) is 0 Å². The highest BCUT2D eigenvalue weighted by atomic mass is 35.5. The van der Waals surface area contributed by atoms with Crippen LogP contribution in [-0.2, 0) is 13.0 Å². The number of benzene rings is 2. The zero-order chi connectivity index (χ0) is 21.5. The molecule has 0 spiro atoms. The zero-order valence-corrected chi connectivity index (χ0v) is 17.2. The maximum Gasteiger partial charge on any atom is 0.324 e. The lowest BCUT2D eigenvalue weighted by atomic mass is 10.1. The molecule has 0 aliphatic carbocycles. The largest absolute Gasteiger partial charge is 0.382 e. The summed E-state index contributed by atoms with van der Waals surface area (Å²) in [6.07, 6.45) is 3.46. The Hall–Kier alpha value is -3.23. The van der Waals surface area contributed by atoms with Crippen molar-refractivity contribution >= 4 is 35.0 Å². The van der Waals surface area contributed by atoms with Gasteiger partial charge in [0.15, 0.2) is 5.82 Å². The van der Waals surface area contributed by atoms with E-state index < -0.39 is 6.03 Å². The molecule has 7 nitrogen and oxygen atoms in total. The molecular weight excluding hydrogens is 407 g/mol. The minimum absolute atomic E-state index is 0.239. The molecule has 0 saturated carbocycles. The van der Waals surface area contributed by atoms with E-state index in [0.717, 1.165) is 24.1 Å². The van der Waals surface area contributed by atoms with Crippen molar-refractivity contribution in [3.05, 3.63) is 76.8 Å². The lowest BCUT2D eigenvalue weighted by Gasteiger charge is -2.17. The summed E-state index contributed by atoms with van der Waals surface area (Å²) in [6, 6.07) is 11.4. The number of carbonyl (C=O) groups excluding carboxylic acids is 1. The minimum atomic E-state index is -0.461. The summed E-state index contributed by atoms with van der Waals surface area (Å²) in [5.41, 5.74) is 8.04. The molecule has 0 bridgehead atoms. The Balaban J connectivity index is 1.51. The molecule has 0 radical (unpaired) electrons. The number of nitrogens with two attached hydrogens (primary N) is 1. The van der Waals surface area contributed by atoms with Gasteiger partial charge in [-0.2, -0.15) is 0 Å². The average molecular weight is 429 g/mol. The van der Waals surface area contributed by atoms with E-state index in [1.165, 1.54) is 24.5 Å². The number of nitrogen functional groups attached to an aromatic ring is 1. The highest BCUT2D eigenvalue weighted by molar-refractivity contribution is 6.31. The normalized spacial score (nSPS) is 10.8. The van der Waals surface area contributed by atoms with Crippen molar-refractivity contribution in [2.45, 2.75) is 13.0 Å². The number of anilines is 3. The van der Waals surface area contributed by atoms with E-state index in [9.17, 15) is 9.18 Å². The molecule has 1 aromatic heterocycles. The van der Waals surface area contributed by atoms with Crippen LogP contribution in [0.2, 0.25) is 5.02 Å². The van der Waals surface area contributed by atoms with Crippen LogP contribution in [0.3, 0.4) is 0 Å². The maximum absolute atomic E-state index is 13.0. The van der Waals surface area contributed by atoms with Crippen LogP contribution in [0.15, 0.2) is 54.9 Å². The van der Waals surface area contributed by atoms with Gasteiger partial charge in [0.25, 0.3) is 0 Å². The number of carbonyl (C=O) groups is 1. The van der Waals surface area contributed by atoms with Crippen molar-refractivity contribution in [1.82, 2.24) is 14.9 Å². The molecule has 1 heterocycles. The van der Waals surface area contributed by atoms with Gasteiger partial charge < -0.3 is 16.0 Å². The van der Waals surface area contributed by atoms with Gasteiger partial charge in [-0.25, -0.2) is 19.2 Å². The fraction of sp³-hybridized carbons (Fsp3) is 0.190. The van der Waals surface area contributed by atoms with Crippen molar-refractivity contribution in [2.24, 2.45) is 0 Å². The highest BCUT2D eigenvalue weighted by Gasteiger charge is 2.08. The second-order valence-corrected chi connectivity index (χ2v) is 7.23. The second kappa shape index (κ2) is 10.00. The summed E-state index contributed by atoms with van der Waals surface area (Å²) >= 11 is 6.38. The number of likely N-dealkylation sites (N-methyl/N-ethyl adjacent to an activating group) is 1. The van der Waals surface area contributed by atoms with Crippen molar-refractivity contribution in [3.63, 3.8) is 0 Å². The summed E-state index contributed by atoms with van der Waals surface area (Å²) in [4.78, 5) is 22.0. The van der Waals surface area contributed by atoms with Gasteiger partial charge in [-0.3, -0.25) is 5.32 Å². The first-order chi connectivity index (χ1) is 14.4. The molecular formula is C21H22ClFN6O. The van der Waals surface area contributed by atoms with Gasteiger partial charge in [-0.15, -0.1) is 0 Å². The van der Waals surface area contributed by atoms with Crippen molar-refractivity contribution in [1.29, 1.82) is 0 Å². The Kier molecular flexibility index (Phi) is 7.16. The van der Waals surface area contributed by atoms with E-state index in [0.29, 0.717) is 17.3 Å². The summed E-state index contributed by atoms with van der Waals surface area (Å²) in [5, 5.41) is 5.83. The zero-order valence-electron chi connectivity index (χ0n) is 16.4. The van der Waals surface area contributed by atoms with Gasteiger partial charge in [0, 0.05) is 23.8 Å². The van der Waals surface area contributed by atoms with Gasteiger partial charge in [0.05, 0.1) is 12.4 Å². The maximum atomic E-state index is 13.0. The number of nitrogens with one attached hydrogen (secondary N) is 2. The third kappa shape index (κ3) is 6.40. The number of rotatable bonds is 7. The monoisotopic (exact) mass is 428 g/mol. The fourth-order valence-electron chi connectivity index (χ4n) is 2.80. The molecule has 0 aliphatic heterocycles. The van der Waals surface area contributed by atoms with Gasteiger partial charge in [-0.1, -0.05) is 29.8 Å². The molecule has 0 unspecified atom stereocenters. The SMILES string of the molecule is CN(CCc1ccc(NC(=O)Nc2cnc(N)cn2)cc1Cl)Cc1ccc(F)cc1. The van der Waals surface area contributed by atoms with Crippen LogP contribution < -0.4 is 16.4 Å². The van der Waals surface area contributed by atoms with E-state index >= 15 is 0 Å². The highest BCUT2D eigenvalue weighted by Crippen LogP contribution is 2.22. The van der Waals surface area contributed by atoms with Crippen LogP contribution in [-0.4, -0.2) is 34.5 Å². The summed E-state index contributed by atoms with van der Waals surface area (Å²) < 4.78 is 13.0. The first kappa shape index (κ1) is 21.5. The second-order valence-electron chi connectivity index (χ2n) is 6.83. The standard InChI is InChI=1S/C21H22ClFN6O/c1-29(13-14-2-5-16(23)6-3-14)9-8-15-4-7-17(10-18(15)22)27-21(30)28-20-12-25-19(24)11-26-20/h2-7,10-12H,8-9,13H2,1H3,(H2,24,25)(H2,26,27,28,30). The van der Waals surface area contributed by atoms with E-state index in [1.54, 1.807) is 24.3 Å². The van der Waals surface area contributed by atoms with E-state index in [4.69, 9.17) is 17.3 Å². The number of urea groups is 1. The number of nitrogens with zero attached hydrogens (tertiary/aromatic N) is 3. The fourth-order valence-corrected chi connectivity index (χ4v) is 3.08. The Morgan fingerprint density at radius 1 is 1.13 bits per heavy atom. The van der Waals surface area contributed by atoms with Gasteiger partial charge in [-0.05, 0) is 48.9 Å². The van der Waals surface area contributed by atoms with Crippen LogP contribution in [0.5, 0.6) is 0 Å². The lowest BCUT2D eigenvalue weighted by molar-refractivity contribution is 0.262.